The van der Waals surface area contributed by atoms with E-state index in [0.717, 1.165) is 30.5 Å². The molecule has 2 unspecified atom stereocenters. The lowest BCUT2D eigenvalue weighted by Gasteiger charge is -2.28. The van der Waals surface area contributed by atoms with Gasteiger partial charge in [0.2, 0.25) is 0 Å². The Morgan fingerprint density at radius 3 is 2.86 bits per heavy atom. The zero-order valence-corrected chi connectivity index (χ0v) is 13.8. The molecule has 2 rings (SSSR count). The second-order valence-electron chi connectivity index (χ2n) is 6.69. The summed E-state index contributed by atoms with van der Waals surface area (Å²) in [6.45, 7) is 8.57. The van der Waals surface area contributed by atoms with Gasteiger partial charge in [-0.2, -0.15) is 0 Å². The average Bonchev–Trinajstić information content (AvgIpc) is 2.49. The lowest BCUT2D eigenvalue weighted by Crippen LogP contribution is -2.25. The number of aromatic nitrogens is 1. The van der Waals surface area contributed by atoms with E-state index in [2.05, 4.69) is 43.2 Å². The fourth-order valence-electron chi connectivity index (χ4n) is 2.99. The number of hydrogen-bond donors (Lipinski definition) is 1. The highest BCUT2D eigenvalue weighted by Crippen LogP contribution is 2.29. The molecule has 21 heavy (non-hydrogen) atoms. The van der Waals surface area contributed by atoms with Crippen molar-refractivity contribution < 1.29 is 4.74 Å². The Morgan fingerprint density at radius 2 is 2.19 bits per heavy atom. The van der Waals surface area contributed by atoms with Gasteiger partial charge in [0.1, 0.15) is 5.75 Å². The second kappa shape index (κ2) is 8.38. The van der Waals surface area contributed by atoms with E-state index in [1.165, 1.54) is 32.1 Å². The van der Waals surface area contributed by atoms with E-state index in [9.17, 15) is 0 Å². The first-order valence-corrected chi connectivity index (χ1v) is 8.49. The molecule has 1 aromatic rings. The summed E-state index contributed by atoms with van der Waals surface area (Å²) >= 11 is 0. The van der Waals surface area contributed by atoms with Crippen molar-refractivity contribution in [3.05, 3.63) is 24.0 Å². The molecule has 3 nitrogen and oxygen atoms in total. The maximum Gasteiger partial charge on any atom is 0.138 e. The van der Waals surface area contributed by atoms with Crippen LogP contribution in [-0.2, 0) is 6.54 Å². The van der Waals surface area contributed by atoms with E-state index in [1.54, 1.807) is 0 Å². The highest BCUT2D eigenvalue weighted by Gasteiger charge is 2.22. The molecular formula is C18H30N2O. The minimum Gasteiger partial charge on any atom is -0.489 e. The summed E-state index contributed by atoms with van der Waals surface area (Å²) in [6.07, 6.45) is 8.60. The van der Waals surface area contributed by atoms with Crippen LogP contribution >= 0.6 is 0 Å². The van der Waals surface area contributed by atoms with Gasteiger partial charge in [0.15, 0.2) is 0 Å². The summed E-state index contributed by atoms with van der Waals surface area (Å²) in [7, 11) is 0. The van der Waals surface area contributed by atoms with Gasteiger partial charge in [-0.25, -0.2) is 0 Å². The van der Waals surface area contributed by atoms with Crippen molar-refractivity contribution >= 4 is 0 Å². The Labute approximate surface area is 129 Å². The molecular weight excluding hydrogens is 260 g/mol. The van der Waals surface area contributed by atoms with Gasteiger partial charge in [-0.1, -0.05) is 33.6 Å². The van der Waals surface area contributed by atoms with Crippen LogP contribution in [0.5, 0.6) is 5.75 Å². The standard InChI is InChI=1S/C18H30N2O/c1-4-15-6-5-7-17(10-15)21-18-9-8-16(20-13-18)12-19-11-14(2)3/h8-9,13-15,17,19H,4-7,10-12H2,1-3H3. The highest BCUT2D eigenvalue weighted by molar-refractivity contribution is 5.20. The molecule has 1 heterocycles. The van der Waals surface area contributed by atoms with Crippen molar-refractivity contribution in [3.63, 3.8) is 0 Å². The Kier molecular flexibility index (Phi) is 6.50. The predicted molar refractivity (Wildman–Crippen MR) is 87.4 cm³/mol. The van der Waals surface area contributed by atoms with Crippen LogP contribution in [0.2, 0.25) is 0 Å². The Balaban J connectivity index is 1.79. The van der Waals surface area contributed by atoms with Crippen LogP contribution in [0.3, 0.4) is 0 Å². The van der Waals surface area contributed by atoms with Gasteiger partial charge in [0, 0.05) is 6.54 Å². The van der Waals surface area contributed by atoms with Crippen molar-refractivity contribution in [1.29, 1.82) is 0 Å². The number of ether oxygens (including phenoxy) is 1. The number of rotatable bonds is 7. The smallest absolute Gasteiger partial charge is 0.138 e. The normalized spacial score (nSPS) is 22.5. The molecule has 1 fully saturated rings. The minimum absolute atomic E-state index is 0.385. The van der Waals surface area contributed by atoms with E-state index in [0.29, 0.717) is 12.0 Å². The third-order valence-corrected chi connectivity index (χ3v) is 4.27. The van der Waals surface area contributed by atoms with Crippen LogP contribution in [0.1, 0.15) is 58.6 Å². The fraction of sp³-hybridized carbons (Fsp3) is 0.722. The fourth-order valence-corrected chi connectivity index (χ4v) is 2.99. The van der Waals surface area contributed by atoms with E-state index < -0.39 is 0 Å². The molecule has 1 N–H and O–H groups in total. The zero-order chi connectivity index (χ0) is 15.1. The molecule has 1 aliphatic carbocycles. The van der Waals surface area contributed by atoms with Crippen molar-refractivity contribution in [2.45, 2.75) is 65.5 Å². The quantitative estimate of drug-likeness (QED) is 0.818. The molecule has 1 saturated carbocycles. The lowest BCUT2D eigenvalue weighted by atomic mass is 9.85. The van der Waals surface area contributed by atoms with Gasteiger partial charge >= 0.3 is 0 Å². The van der Waals surface area contributed by atoms with Gasteiger partial charge in [0.05, 0.1) is 18.0 Å². The zero-order valence-electron chi connectivity index (χ0n) is 13.8. The van der Waals surface area contributed by atoms with Crippen molar-refractivity contribution in [1.82, 2.24) is 10.3 Å². The Morgan fingerprint density at radius 1 is 1.33 bits per heavy atom. The molecule has 0 saturated heterocycles. The van der Waals surface area contributed by atoms with Crippen molar-refractivity contribution in [3.8, 4) is 5.75 Å². The molecule has 2 atom stereocenters. The maximum absolute atomic E-state index is 6.10. The van der Waals surface area contributed by atoms with Crippen molar-refractivity contribution in [2.75, 3.05) is 6.54 Å². The summed E-state index contributed by atoms with van der Waals surface area (Å²) in [5.74, 6) is 2.44. The molecule has 3 heteroatoms. The minimum atomic E-state index is 0.385. The third kappa shape index (κ3) is 5.66. The number of nitrogens with zero attached hydrogens (tertiary/aromatic N) is 1. The van der Waals surface area contributed by atoms with E-state index >= 15 is 0 Å². The third-order valence-electron chi connectivity index (χ3n) is 4.27. The summed E-state index contributed by atoms with van der Waals surface area (Å²) < 4.78 is 6.10. The topological polar surface area (TPSA) is 34.1 Å². The summed E-state index contributed by atoms with van der Waals surface area (Å²) in [6, 6.07) is 4.14. The molecule has 0 bridgehead atoms. The lowest BCUT2D eigenvalue weighted by molar-refractivity contribution is 0.121. The molecule has 118 valence electrons. The average molecular weight is 290 g/mol. The molecule has 1 aliphatic rings. The van der Waals surface area contributed by atoms with Crippen molar-refractivity contribution in [2.24, 2.45) is 11.8 Å². The summed E-state index contributed by atoms with van der Waals surface area (Å²) in [5.41, 5.74) is 1.08. The van der Waals surface area contributed by atoms with E-state index in [1.807, 2.05) is 6.20 Å². The Hall–Kier alpha value is -1.09. The van der Waals surface area contributed by atoms with E-state index in [4.69, 9.17) is 4.74 Å². The van der Waals surface area contributed by atoms with Crippen LogP contribution in [0, 0.1) is 11.8 Å². The molecule has 0 radical (unpaired) electrons. The Bertz CT molecular complexity index is 402. The van der Waals surface area contributed by atoms with Gasteiger partial charge in [0.25, 0.3) is 0 Å². The van der Waals surface area contributed by atoms with Crippen LogP contribution < -0.4 is 10.1 Å². The van der Waals surface area contributed by atoms with Crippen LogP contribution in [0.4, 0.5) is 0 Å². The van der Waals surface area contributed by atoms with Gasteiger partial charge in [-0.05, 0) is 49.8 Å². The monoisotopic (exact) mass is 290 g/mol. The number of hydrogen-bond acceptors (Lipinski definition) is 3. The van der Waals surface area contributed by atoms with Gasteiger partial charge < -0.3 is 10.1 Å². The van der Waals surface area contributed by atoms with Crippen LogP contribution in [0.15, 0.2) is 18.3 Å². The number of pyridine rings is 1. The first kappa shape index (κ1) is 16.3. The second-order valence-corrected chi connectivity index (χ2v) is 6.69. The SMILES string of the molecule is CCC1CCCC(Oc2ccc(CNCC(C)C)nc2)C1. The van der Waals surface area contributed by atoms with Gasteiger partial charge in [-0.15, -0.1) is 0 Å². The maximum atomic E-state index is 6.10. The molecule has 1 aromatic heterocycles. The summed E-state index contributed by atoms with van der Waals surface area (Å²) in [4.78, 5) is 4.49. The van der Waals surface area contributed by atoms with Crippen LogP contribution in [0.25, 0.3) is 0 Å². The molecule has 0 aliphatic heterocycles. The largest absolute Gasteiger partial charge is 0.489 e. The molecule has 0 amide bonds. The molecule has 0 spiro atoms. The summed E-state index contributed by atoms with van der Waals surface area (Å²) in [5, 5.41) is 3.41. The molecule has 0 aromatic carbocycles. The first-order valence-electron chi connectivity index (χ1n) is 8.49. The van der Waals surface area contributed by atoms with Crippen LogP contribution in [-0.4, -0.2) is 17.6 Å². The van der Waals surface area contributed by atoms with E-state index in [-0.39, 0.29) is 0 Å². The highest BCUT2D eigenvalue weighted by atomic mass is 16.5. The predicted octanol–water partition coefficient (Wildman–Crippen LogP) is 4.17. The number of nitrogens with one attached hydrogen (secondary N) is 1. The first-order chi connectivity index (χ1) is 10.2. The van der Waals surface area contributed by atoms with Gasteiger partial charge in [-0.3, -0.25) is 4.98 Å².